The highest BCUT2D eigenvalue weighted by Crippen LogP contribution is 2.17. The number of phenolic OH excluding ortho intramolecular Hbond substituents is 1. The van der Waals surface area contributed by atoms with Crippen molar-refractivity contribution in [3.63, 3.8) is 0 Å². The number of carbonyl (C=O) groups is 1. The predicted octanol–water partition coefficient (Wildman–Crippen LogP) is 1.92. The van der Waals surface area contributed by atoms with Crippen LogP contribution >= 0.6 is 11.3 Å². The molecular weight excluding hydrogens is 243 g/mol. The zero-order valence-corrected chi connectivity index (χ0v) is 9.50. The van der Waals surface area contributed by atoms with E-state index in [0.717, 1.165) is 23.2 Å². The van der Waals surface area contributed by atoms with Crippen LogP contribution in [-0.2, 0) is 6.54 Å². The molecule has 0 radical (unpaired) electrons. The van der Waals surface area contributed by atoms with Gasteiger partial charge in [0.2, 0.25) is 0 Å². The molecule has 17 heavy (non-hydrogen) atoms. The van der Waals surface area contributed by atoms with E-state index >= 15 is 0 Å². The number of benzene rings is 1. The number of halogens is 1. The summed E-state index contributed by atoms with van der Waals surface area (Å²) in [6, 6.07) is 3.23. The van der Waals surface area contributed by atoms with Gasteiger partial charge < -0.3 is 10.4 Å². The first-order chi connectivity index (χ1) is 8.16. The Hall–Kier alpha value is -1.95. The lowest BCUT2D eigenvalue weighted by atomic mass is 10.2. The molecule has 0 bridgehead atoms. The molecular formula is C11H9FN2O2S. The van der Waals surface area contributed by atoms with Gasteiger partial charge in [-0.15, -0.1) is 11.3 Å². The summed E-state index contributed by atoms with van der Waals surface area (Å²) in [5.74, 6) is -1.34. The van der Waals surface area contributed by atoms with Crippen molar-refractivity contribution < 1.29 is 14.3 Å². The highest BCUT2D eigenvalue weighted by Gasteiger charge is 2.12. The smallest absolute Gasteiger partial charge is 0.255 e. The molecule has 1 aromatic carbocycles. The minimum absolute atomic E-state index is 0.0819. The fourth-order valence-corrected chi connectivity index (χ4v) is 1.84. The third kappa shape index (κ3) is 2.79. The lowest BCUT2D eigenvalue weighted by Gasteiger charge is -2.05. The van der Waals surface area contributed by atoms with Gasteiger partial charge in [-0.25, -0.2) is 9.37 Å². The molecule has 0 unspecified atom stereocenters. The third-order valence-corrected chi connectivity index (χ3v) is 2.87. The van der Waals surface area contributed by atoms with E-state index in [9.17, 15) is 14.3 Å². The van der Waals surface area contributed by atoms with Gasteiger partial charge in [-0.3, -0.25) is 4.79 Å². The molecule has 2 rings (SSSR count). The molecule has 1 heterocycles. The summed E-state index contributed by atoms with van der Waals surface area (Å²) in [6.45, 7) is 0.256. The summed E-state index contributed by atoms with van der Waals surface area (Å²) >= 11 is 1.41. The second-order valence-corrected chi connectivity index (χ2v) is 4.25. The number of hydrogen-bond acceptors (Lipinski definition) is 4. The highest BCUT2D eigenvalue weighted by atomic mass is 32.1. The Morgan fingerprint density at radius 3 is 3.06 bits per heavy atom. The molecule has 0 aliphatic heterocycles. The molecule has 2 aromatic rings. The van der Waals surface area contributed by atoms with E-state index in [1.165, 1.54) is 11.3 Å². The Labute approximate surface area is 101 Å². The number of amides is 1. The average Bonchev–Trinajstić information content (AvgIpc) is 2.82. The standard InChI is InChI=1S/C11H9FN2O2S/c12-7-1-2-9(15)8(5-7)11(16)14-6-10-13-3-4-17-10/h1-5,15H,6H2,(H,14,16). The van der Waals surface area contributed by atoms with Crippen molar-refractivity contribution in [3.8, 4) is 5.75 Å². The lowest BCUT2D eigenvalue weighted by molar-refractivity contribution is 0.0947. The van der Waals surface area contributed by atoms with Gasteiger partial charge >= 0.3 is 0 Å². The third-order valence-electron chi connectivity index (χ3n) is 2.09. The fraction of sp³-hybridized carbons (Fsp3) is 0.0909. The molecule has 0 spiro atoms. The number of hydrogen-bond donors (Lipinski definition) is 2. The zero-order chi connectivity index (χ0) is 12.3. The molecule has 0 atom stereocenters. The van der Waals surface area contributed by atoms with Crippen molar-refractivity contribution >= 4 is 17.2 Å². The molecule has 0 aliphatic carbocycles. The van der Waals surface area contributed by atoms with Gasteiger partial charge in [0.1, 0.15) is 16.6 Å². The second-order valence-electron chi connectivity index (χ2n) is 3.27. The minimum Gasteiger partial charge on any atom is -0.507 e. The maximum absolute atomic E-state index is 12.9. The SMILES string of the molecule is O=C(NCc1nccs1)c1cc(F)ccc1O. The molecule has 88 valence electrons. The average molecular weight is 252 g/mol. The lowest BCUT2D eigenvalue weighted by Crippen LogP contribution is -2.22. The van der Waals surface area contributed by atoms with Crippen molar-refractivity contribution in [2.45, 2.75) is 6.54 Å². The number of nitrogens with zero attached hydrogens (tertiary/aromatic N) is 1. The molecule has 1 amide bonds. The number of phenols is 1. The van der Waals surface area contributed by atoms with Crippen molar-refractivity contribution in [3.05, 3.63) is 46.2 Å². The van der Waals surface area contributed by atoms with Crippen LogP contribution in [0.2, 0.25) is 0 Å². The summed E-state index contributed by atoms with van der Waals surface area (Å²) < 4.78 is 12.9. The van der Waals surface area contributed by atoms with Crippen LogP contribution in [0.3, 0.4) is 0 Å². The van der Waals surface area contributed by atoms with Crippen molar-refractivity contribution in [2.75, 3.05) is 0 Å². The number of thiazole rings is 1. The first kappa shape index (κ1) is 11.5. The topological polar surface area (TPSA) is 62.2 Å². The van der Waals surface area contributed by atoms with E-state index < -0.39 is 11.7 Å². The number of aromatic hydroxyl groups is 1. The summed E-state index contributed by atoms with van der Waals surface area (Å²) in [6.07, 6.45) is 1.63. The molecule has 4 nitrogen and oxygen atoms in total. The molecule has 2 N–H and O–H groups in total. The predicted molar refractivity (Wildman–Crippen MR) is 61.3 cm³/mol. The van der Waals surface area contributed by atoms with Gasteiger partial charge in [-0.1, -0.05) is 0 Å². The highest BCUT2D eigenvalue weighted by molar-refractivity contribution is 7.09. The van der Waals surface area contributed by atoms with E-state index in [-0.39, 0.29) is 17.9 Å². The van der Waals surface area contributed by atoms with Crippen LogP contribution in [0.1, 0.15) is 15.4 Å². The van der Waals surface area contributed by atoms with Crippen molar-refractivity contribution in [1.29, 1.82) is 0 Å². The Morgan fingerprint density at radius 1 is 1.53 bits per heavy atom. The zero-order valence-electron chi connectivity index (χ0n) is 8.68. The Bertz CT molecular complexity index is 528. The molecule has 6 heteroatoms. The fourth-order valence-electron chi connectivity index (χ4n) is 1.28. The first-order valence-corrected chi connectivity index (χ1v) is 5.70. The minimum atomic E-state index is -0.567. The Balaban J connectivity index is 2.07. The van der Waals surface area contributed by atoms with E-state index in [0.29, 0.717) is 0 Å². The van der Waals surface area contributed by atoms with Gasteiger partial charge in [0.15, 0.2) is 0 Å². The maximum atomic E-state index is 12.9. The number of nitrogens with one attached hydrogen (secondary N) is 1. The number of rotatable bonds is 3. The normalized spacial score (nSPS) is 10.2. The first-order valence-electron chi connectivity index (χ1n) is 4.82. The van der Waals surface area contributed by atoms with Crippen LogP contribution in [-0.4, -0.2) is 16.0 Å². The van der Waals surface area contributed by atoms with E-state index in [1.54, 1.807) is 11.6 Å². The summed E-state index contributed by atoms with van der Waals surface area (Å²) in [5, 5.41) is 14.5. The molecule has 0 saturated carbocycles. The monoisotopic (exact) mass is 252 g/mol. The van der Waals surface area contributed by atoms with E-state index in [2.05, 4.69) is 10.3 Å². The van der Waals surface area contributed by atoms with Gasteiger partial charge in [0, 0.05) is 11.6 Å². The molecule has 1 aromatic heterocycles. The maximum Gasteiger partial charge on any atom is 0.255 e. The van der Waals surface area contributed by atoms with Gasteiger partial charge in [0.05, 0.1) is 12.1 Å². The van der Waals surface area contributed by atoms with E-state index in [4.69, 9.17) is 0 Å². The van der Waals surface area contributed by atoms with Gasteiger partial charge in [-0.05, 0) is 18.2 Å². The van der Waals surface area contributed by atoms with Gasteiger partial charge in [0.25, 0.3) is 5.91 Å². The Morgan fingerprint density at radius 2 is 2.35 bits per heavy atom. The molecule has 0 saturated heterocycles. The molecule has 0 aliphatic rings. The van der Waals surface area contributed by atoms with Crippen LogP contribution in [0.4, 0.5) is 4.39 Å². The number of aromatic nitrogens is 1. The van der Waals surface area contributed by atoms with E-state index in [1.807, 2.05) is 0 Å². The quantitative estimate of drug-likeness (QED) is 0.877. The largest absolute Gasteiger partial charge is 0.507 e. The van der Waals surface area contributed by atoms with Crippen LogP contribution in [0.5, 0.6) is 5.75 Å². The summed E-state index contributed by atoms with van der Waals surface area (Å²) in [7, 11) is 0. The van der Waals surface area contributed by atoms with Crippen LogP contribution < -0.4 is 5.32 Å². The Kier molecular flexibility index (Phi) is 3.34. The molecule has 0 fully saturated rings. The summed E-state index contributed by atoms with van der Waals surface area (Å²) in [4.78, 5) is 15.6. The van der Waals surface area contributed by atoms with Crippen LogP contribution in [0, 0.1) is 5.82 Å². The second kappa shape index (κ2) is 4.92. The van der Waals surface area contributed by atoms with Crippen molar-refractivity contribution in [1.82, 2.24) is 10.3 Å². The van der Waals surface area contributed by atoms with Crippen LogP contribution in [0.25, 0.3) is 0 Å². The van der Waals surface area contributed by atoms with Crippen LogP contribution in [0.15, 0.2) is 29.8 Å². The van der Waals surface area contributed by atoms with Crippen molar-refractivity contribution in [2.24, 2.45) is 0 Å². The summed E-state index contributed by atoms with van der Waals surface area (Å²) in [5.41, 5.74) is -0.0819. The number of carbonyl (C=O) groups excluding carboxylic acids is 1. The van der Waals surface area contributed by atoms with Gasteiger partial charge in [-0.2, -0.15) is 0 Å².